The van der Waals surface area contributed by atoms with Crippen LogP contribution in [0.3, 0.4) is 0 Å². The number of benzene rings is 1. The molecule has 1 aromatic heterocycles. The van der Waals surface area contributed by atoms with Crippen LogP contribution in [0.25, 0.3) is 5.69 Å². The highest BCUT2D eigenvalue weighted by Gasteiger charge is 2.28. The minimum absolute atomic E-state index is 0.0445. The van der Waals surface area contributed by atoms with Crippen LogP contribution in [0.2, 0.25) is 0 Å². The van der Waals surface area contributed by atoms with Crippen LogP contribution in [-0.2, 0) is 4.79 Å². The molecule has 0 radical (unpaired) electrons. The van der Waals surface area contributed by atoms with Gasteiger partial charge in [-0.05, 0) is 44.5 Å². The number of aryl methyl sites for hydroxylation is 2. The lowest BCUT2D eigenvalue weighted by atomic mass is 10.2. The number of amides is 1. The summed E-state index contributed by atoms with van der Waals surface area (Å²) in [5.41, 5.74) is 2.74. The molecule has 1 atom stereocenters. The van der Waals surface area contributed by atoms with Gasteiger partial charge in [-0.25, -0.2) is 9.07 Å². The lowest BCUT2D eigenvalue weighted by molar-refractivity contribution is -0.127. The van der Waals surface area contributed by atoms with Gasteiger partial charge >= 0.3 is 0 Å². The molecule has 2 aromatic rings. The monoisotopic (exact) mass is 302 g/mol. The fourth-order valence-corrected chi connectivity index (χ4v) is 2.80. The first-order valence-electron chi connectivity index (χ1n) is 7.30. The van der Waals surface area contributed by atoms with Crippen LogP contribution in [0.15, 0.2) is 24.3 Å². The van der Waals surface area contributed by atoms with Crippen molar-refractivity contribution in [3.05, 3.63) is 41.5 Å². The Bertz CT molecular complexity index is 725. The average Bonchev–Trinajstić information content (AvgIpc) is 2.95. The number of halogens is 1. The summed E-state index contributed by atoms with van der Waals surface area (Å²) in [5.74, 6) is -0.321. The molecule has 0 saturated carbocycles. The van der Waals surface area contributed by atoms with Gasteiger partial charge in [-0.15, -0.1) is 0 Å². The Balaban J connectivity index is 1.84. The van der Waals surface area contributed by atoms with Gasteiger partial charge in [0.1, 0.15) is 11.7 Å². The van der Waals surface area contributed by atoms with Gasteiger partial charge in [-0.2, -0.15) is 5.10 Å². The van der Waals surface area contributed by atoms with E-state index in [0.29, 0.717) is 11.4 Å². The third-order valence-corrected chi connectivity index (χ3v) is 3.95. The highest BCUT2D eigenvalue weighted by Crippen LogP contribution is 2.22. The number of carbonyl (C=O) groups excluding carboxylic acids is 1. The largest absolute Gasteiger partial charge is 0.374 e. The molecule has 1 aromatic carbocycles. The zero-order valence-electron chi connectivity index (χ0n) is 12.9. The number of rotatable bonds is 3. The normalized spacial score (nSPS) is 18.1. The van der Waals surface area contributed by atoms with E-state index in [2.05, 4.69) is 10.4 Å². The van der Waals surface area contributed by atoms with Crippen LogP contribution in [-0.4, -0.2) is 40.2 Å². The van der Waals surface area contributed by atoms with Gasteiger partial charge in [0.2, 0.25) is 5.91 Å². The molecule has 2 heterocycles. The number of nitrogens with zero attached hydrogens (tertiary/aromatic N) is 3. The Labute approximate surface area is 128 Å². The third kappa shape index (κ3) is 2.56. The van der Waals surface area contributed by atoms with Gasteiger partial charge in [0, 0.05) is 25.0 Å². The maximum Gasteiger partial charge on any atom is 0.244 e. The summed E-state index contributed by atoms with van der Waals surface area (Å²) in [5, 5.41) is 7.39. The Kier molecular flexibility index (Phi) is 3.60. The van der Waals surface area contributed by atoms with Crippen molar-refractivity contribution in [3.63, 3.8) is 0 Å². The van der Waals surface area contributed by atoms with E-state index >= 15 is 0 Å². The zero-order valence-corrected chi connectivity index (χ0v) is 12.9. The van der Waals surface area contributed by atoms with Gasteiger partial charge in [0.15, 0.2) is 5.82 Å². The predicted octanol–water partition coefficient (Wildman–Crippen LogP) is 2.27. The van der Waals surface area contributed by atoms with Crippen LogP contribution >= 0.6 is 0 Å². The molecule has 6 heteroatoms. The van der Waals surface area contributed by atoms with Gasteiger partial charge in [-0.3, -0.25) is 4.79 Å². The first-order chi connectivity index (χ1) is 10.5. The van der Waals surface area contributed by atoms with Gasteiger partial charge in [0.25, 0.3) is 0 Å². The SMILES string of the molecule is Cc1cc(C)n(-c2ccc(N[C@H]3CCN(C)C3=O)cc2F)n1. The smallest absolute Gasteiger partial charge is 0.244 e. The van der Waals surface area contributed by atoms with Gasteiger partial charge in [0.05, 0.1) is 5.69 Å². The summed E-state index contributed by atoms with van der Waals surface area (Å²) in [6.45, 7) is 4.49. The Morgan fingerprint density at radius 2 is 2.09 bits per heavy atom. The van der Waals surface area contributed by atoms with Crippen molar-refractivity contribution in [2.45, 2.75) is 26.3 Å². The third-order valence-electron chi connectivity index (χ3n) is 3.95. The van der Waals surface area contributed by atoms with Crippen molar-refractivity contribution in [1.29, 1.82) is 0 Å². The number of likely N-dealkylation sites (tertiary alicyclic amines) is 1. The second kappa shape index (κ2) is 5.44. The highest BCUT2D eigenvalue weighted by molar-refractivity contribution is 5.86. The first-order valence-corrected chi connectivity index (χ1v) is 7.30. The van der Waals surface area contributed by atoms with Gasteiger partial charge < -0.3 is 10.2 Å². The van der Waals surface area contributed by atoms with Crippen molar-refractivity contribution in [2.24, 2.45) is 0 Å². The summed E-state index contributed by atoms with van der Waals surface area (Å²) in [7, 11) is 1.77. The van der Waals surface area contributed by atoms with E-state index < -0.39 is 0 Å². The Morgan fingerprint density at radius 1 is 1.32 bits per heavy atom. The molecule has 22 heavy (non-hydrogen) atoms. The number of aromatic nitrogens is 2. The van der Waals surface area contributed by atoms with Crippen LogP contribution in [0.5, 0.6) is 0 Å². The average molecular weight is 302 g/mol. The van der Waals surface area contributed by atoms with E-state index in [4.69, 9.17) is 0 Å². The number of likely N-dealkylation sites (N-methyl/N-ethyl adjacent to an activating group) is 1. The quantitative estimate of drug-likeness (QED) is 0.946. The van der Waals surface area contributed by atoms with E-state index in [1.165, 1.54) is 6.07 Å². The number of carbonyl (C=O) groups is 1. The molecule has 0 unspecified atom stereocenters. The van der Waals surface area contributed by atoms with Crippen molar-refractivity contribution >= 4 is 11.6 Å². The fraction of sp³-hybridized carbons (Fsp3) is 0.375. The molecular formula is C16H19FN4O. The van der Waals surface area contributed by atoms with Crippen LogP contribution < -0.4 is 5.32 Å². The summed E-state index contributed by atoms with van der Waals surface area (Å²) in [6.07, 6.45) is 0.732. The van der Waals surface area contributed by atoms with Crippen LogP contribution in [0, 0.1) is 19.7 Å². The van der Waals surface area contributed by atoms with E-state index in [1.807, 2.05) is 19.9 Å². The lowest BCUT2D eigenvalue weighted by Gasteiger charge is -2.14. The number of hydrogen-bond acceptors (Lipinski definition) is 3. The minimum Gasteiger partial charge on any atom is -0.374 e. The molecule has 1 fully saturated rings. The molecule has 0 spiro atoms. The molecule has 1 N–H and O–H groups in total. The van der Waals surface area contributed by atoms with Gasteiger partial charge in [-0.1, -0.05) is 0 Å². The first kappa shape index (κ1) is 14.6. The fourth-order valence-electron chi connectivity index (χ4n) is 2.80. The number of anilines is 1. The molecule has 116 valence electrons. The highest BCUT2D eigenvalue weighted by atomic mass is 19.1. The Hall–Kier alpha value is -2.37. The molecule has 1 saturated heterocycles. The minimum atomic E-state index is -0.366. The molecule has 3 rings (SSSR count). The molecule has 0 bridgehead atoms. The maximum atomic E-state index is 14.4. The summed E-state index contributed by atoms with van der Waals surface area (Å²) in [6, 6.07) is 6.50. The second-order valence-corrected chi connectivity index (χ2v) is 5.75. The topological polar surface area (TPSA) is 50.2 Å². The zero-order chi connectivity index (χ0) is 15.9. The van der Waals surface area contributed by atoms with E-state index in [9.17, 15) is 9.18 Å². The van der Waals surface area contributed by atoms with E-state index in [0.717, 1.165) is 24.4 Å². The Morgan fingerprint density at radius 3 is 2.64 bits per heavy atom. The van der Waals surface area contributed by atoms with Crippen molar-refractivity contribution in [2.75, 3.05) is 18.9 Å². The summed E-state index contributed by atoms with van der Waals surface area (Å²) >= 11 is 0. The van der Waals surface area contributed by atoms with Crippen molar-refractivity contribution in [1.82, 2.24) is 14.7 Å². The van der Waals surface area contributed by atoms with Crippen LogP contribution in [0.4, 0.5) is 10.1 Å². The standard InChI is InChI=1S/C16H19FN4O/c1-10-8-11(2)21(19-10)15-5-4-12(9-13(15)17)18-14-6-7-20(3)16(14)22/h4-5,8-9,14,18H,6-7H2,1-3H3/t14-/m0/s1. The molecule has 1 aliphatic rings. The number of nitrogens with one attached hydrogen (secondary N) is 1. The molecular weight excluding hydrogens is 283 g/mol. The van der Waals surface area contributed by atoms with E-state index in [-0.39, 0.29) is 17.8 Å². The molecule has 5 nitrogen and oxygen atoms in total. The van der Waals surface area contributed by atoms with Crippen LogP contribution in [0.1, 0.15) is 17.8 Å². The summed E-state index contributed by atoms with van der Waals surface area (Å²) in [4.78, 5) is 13.6. The molecule has 1 aliphatic heterocycles. The maximum absolute atomic E-state index is 14.4. The molecule has 0 aliphatic carbocycles. The molecule has 1 amide bonds. The second-order valence-electron chi connectivity index (χ2n) is 5.75. The van der Waals surface area contributed by atoms with Crippen molar-refractivity contribution < 1.29 is 9.18 Å². The lowest BCUT2D eigenvalue weighted by Crippen LogP contribution is -2.30. The predicted molar refractivity (Wildman–Crippen MR) is 82.7 cm³/mol. The van der Waals surface area contributed by atoms with E-state index in [1.54, 1.807) is 28.8 Å². The summed E-state index contributed by atoms with van der Waals surface area (Å²) < 4.78 is 16.0. The van der Waals surface area contributed by atoms with Crippen molar-refractivity contribution in [3.8, 4) is 5.69 Å². The number of hydrogen-bond donors (Lipinski definition) is 1.